The normalized spacial score (nSPS) is 10.7. The molecule has 2 N–H and O–H groups in total. The summed E-state index contributed by atoms with van der Waals surface area (Å²) < 4.78 is 36.7. The van der Waals surface area contributed by atoms with Crippen molar-refractivity contribution in [1.29, 1.82) is 0 Å². The second-order valence-electron chi connectivity index (χ2n) is 5.13. The van der Waals surface area contributed by atoms with Crippen LogP contribution in [0.5, 0.6) is 11.5 Å². The smallest absolute Gasteiger partial charge is 0.191 e. The van der Waals surface area contributed by atoms with E-state index in [1.54, 1.807) is 14.2 Å². The molecule has 0 fully saturated rings. The predicted octanol–water partition coefficient (Wildman–Crippen LogP) is 3.34. The third kappa shape index (κ3) is 7.03. The van der Waals surface area contributed by atoms with E-state index in [0.717, 1.165) is 23.4 Å². The standard InChI is InChI=1S/C18H21F2N3O2.HI/c1-21-18(23-12-13-4-3-5-15(10-13)24-2)22-8-9-25-17-7-6-14(19)11-16(17)20;/h3-7,10-11H,8-9,12H2,1-2H3,(H2,21,22,23);1H. The third-order valence-corrected chi connectivity index (χ3v) is 3.36. The van der Waals surface area contributed by atoms with Crippen molar-refractivity contribution in [2.75, 3.05) is 27.3 Å². The molecule has 5 nitrogen and oxygen atoms in total. The quantitative estimate of drug-likeness (QED) is 0.278. The van der Waals surface area contributed by atoms with Crippen LogP contribution in [0.1, 0.15) is 5.56 Å². The van der Waals surface area contributed by atoms with Gasteiger partial charge in [0, 0.05) is 19.7 Å². The van der Waals surface area contributed by atoms with Gasteiger partial charge >= 0.3 is 0 Å². The first-order valence-corrected chi connectivity index (χ1v) is 7.77. The van der Waals surface area contributed by atoms with Crippen LogP contribution in [0.3, 0.4) is 0 Å². The Morgan fingerprint density at radius 3 is 2.62 bits per heavy atom. The Kier molecular flexibility index (Phi) is 9.71. The number of rotatable bonds is 7. The van der Waals surface area contributed by atoms with Gasteiger partial charge in [-0.1, -0.05) is 12.1 Å². The van der Waals surface area contributed by atoms with Crippen molar-refractivity contribution in [3.05, 3.63) is 59.7 Å². The van der Waals surface area contributed by atoms with Crippen LogP contribution in [-0.4, -0.2) is 33.3 Å². The molecular weight excluding hydrogens is 455 g/mol. The van der Waals surface area contributed by atoms with E-state index in [1.807, 2.05) is 24.3 Å². The van der Waals surface area contributed by atoms with Gasteiger partial charge in [0.25, 0.3) is 0 Å². The zero-order chi connectivity index (χ0) is 18.1. The lowest BCUT2D eigenvalue weighted by molar-refractivity contribution is 0.304. The summed E-state index contributed by atoms with van der Waals surface area (Å²) in [6.45, 7) is 1.20. The van der Waals surface area contributed by atoms with Crippen molar-refractivity contribution in [2.45, 2.75) is 6.54 Å². The number of halogens is 3. The molecule has 0 heterocycles. The summed E-state index contributed by atoms with van der Waals surface area (Å²) in [6.07, 6.45) is 0. The van der Waals surface area contributed by atoms with Crippen LogP contribution >= 0.6 is 24.0 Å². The lowest BCUT2D eigenvalue weighted by Crippen LogP contribution is -2.38. The van der Waals surface area contributed by atoms with Crippen LogP contribution in [0, 0.1) is 11.6 Å². The number of aliphatic imine (C=N–C) groups is 1. The Bertz CT molecular complexity index is 729. The topological polar surface area (TPSA) is 54.9 Å². The van der Waals surface area contributed by atoms with Gasteiger partial charge in [-0.15, -0.1) is 24.0 Å². The average Bonchev–Trinajstić information content (AvgIpc) is 2.62. The molecule has 0 bridgehead atoms. The highest BCUT2D eigenvalue weighted by atomic mass is 127. The molecule has 142 valence electrons. The molecule has 0 amide bonds. The van der Waals surface area contributed by atoms with Gasteiger partial charge in [0.1, 0.15) is 18.2 Å². The van der Waals surface area contributed by atoms with E-state index < -0.39 is 11.6 Å². The van der Waals surface area contributed by atoms with Crippen LogP contribution < -0.4 is 20.1 Å². The lowest BCUT2D eigenvalue weighted by atomic mass is 10.2. The zero-order valence-electron chi connectivity index (χ0n) is 14.6. The molecule has 0 saturated carbocycles. The van der Waals surface area contributed by atoms with Crippen molar-refractivity contribution < 1.29 is 18.3 Å². The Balaban J connectivity index is 0.00000338. The van der Waals surface area contributed by atoms with Crippen molar-refractivity contribution in [1.82, 2.24) is 10.6 Å². The van der Waals surface area contributed by atoms with Gasteiger partial charge in [0.05, 0.1) is 13.7 Å². The fraction of sp³-hybridized carbons (Fsp3) is 0.278. The number of ether oxygens (including phenoxy) is 2. The Hall–Kier alpha value is -2.10. The molecule has 0 aliphatic carbocycles. The summed E-state index contributed by atoms with van der Waals surface area (Å²) in [6, 6.07) is 10.9. The lowest BCUT2D eigenvalue weighted by Gasteiger charge is -2.13. The Labute approximate surface area is 168 Å². The first-order chi connectivity index (χ1) is 12.1. The van der Waals surface area contributed by atoms with Gasteiger partial charge < -0.3 is 20.1 Å². The van der Waals surface area contributed by atoms with Crippen molar-refractivity contribution >= 4 is 29.9 Å². The van der Waals surface area contributed by atoms with Gasteiger partial charge in [0.2, 0.25) is 0 Å². The number of nitrogens with one attached hydrogen (secondary N) is 2. The number of hydrogen-bond donors (Lipinski definition) is 2. The summed E-state index contributed by atoms with van der Waals surface area (Å²) in [5.41, 5.74) is 1.05. The molecule has 0 atom stereocenters. The first kappa shape index (κ1) is 21.9. The molecule has 2 rings (SSSR count). The maximum atomic E-state index is 13.4. The minimum absolute atomic E-state index is 0. The van der Waals surface area contributed by atoms with Crippen LogP contribution in [-0.2, 0) is 6.54 Å². The average molecular weight is 477 g/mol. The number of hydrogen-bond acceptors (Lipinski definition) is 3. The predicted molar refractivity (Wildman–Crippen MR) is 108 cm³/mol. The highest BCUT2D eigenvalue weighted by Crippen LogP contribution is 2.17. The molecule has 8 heteroatoms. The van der Waals surface area contributed by atoms with Gasteiger partial charge in [-0.25, -0.2) is 8.78 Å². The SMILES string of the molecule is CN=C(NCCOc1ccc(F)cc1F)NCc1cccc(OC)c1.I. The van der Waals surface area contributed by atoms with E-state index in [2.05, 4.69) is 15.6 Å². The summed E-state index contributed by atoms with van der Waals surface area (Å²) >= 11 is 0. The van der Waals surface area contributed by atoms with Crippen LogP contribution in [0.25, 0.3) is 0 Å². The molecule has 0 saturated heterocycles. The molecule has 0 spiro atoms. The maximum Gasteiger partial charge on any atom is 0.191 e. The Morgan fingerprint density at radius 1 is 1.12 bits per heavy atom. The van der Waals surface area contributed by atoms with Crippen LogP contribution in [0.4, 0.5) is 8.78 Å². The second kappa shape index (κ2) is 11.5. The van der Waals surface area contributed by atoms with Gasteiger partial charge in [-0.2, -0.15) is 0 Å². The molecule has 0 aliphatic heterocycles. The fourth-order valence-corrected chi connectivity index (χ4v) is 2.11. The maximum absolute atomic E-state index is 13.4. The summed E-state index contributed by atoms with van der Waals surface area (Å²) in [5, 5.41) is 6.21. The molecule has 0 unspecified atom stereocenters. The molecule has 0 radical (unpaired) electrons. The van der Waals surface area contributed by atoms with E-state index in [0.29, 0.717) is 19.0 Å². The number of guanidine groups is 1. The first-order valence-electron chi connectivity index (χ1n) is 7.77. The molecule has 2 aromatic rings. The van der Waals surface area contributed by atoms with E-state index in [4.69, 9.17) is 9.47 Å². The van der Waals surface area contributed by atoms with Crippen molar-refractivity contribution in [3.8, 4) is 11.5 Å². The second-order valence-corrected chi connectivity index (χ2v) is 5.13. The van der Waals surface area contributed by atoms with E-state index >= 15 is 0 Å². The highest BCUT2D eigenvalue weighted by Gasteiger charge is 2.05. The van der Waals surface area contributed by atoms with Crippen molar-refractivity contribution in [2.24, 2.45) is 4.99 Å². The molecule has 2 aromatic carbocycles. The number of benzene rings is 2. The minimum atomic E-state index is -0.722. The third-order valence-electron chi connectivity index (χ3n) is 3.36. The molecule has 26 heavy (non-hydrogen) atoms. The molecular formula is C18H22F2IN3O2. The van der Waals surface area contributed by atoms with Crippen LogP contribution in [0.15, 0.2) is 47.5 Å². The largest absolute Gasteiger partial charge is 0.497 e. The number of methoxy groups -OCH3 is 1. The van der Waals surface area contributed by atoms with E-state index in [1.165, 1.54) is 6.07 Å². The Morgan fingerprint density at radius 2 is 1.92 bits per heavy atom. The monoisotopic (exact) mass is 477 g/mol. The van der Waals surface area contributed by atoms with Gasteiger partial charge in [0.15, 0.2) is 17.5 Å². The van der Waals surface area contributed by atoms with E-state index in [-0.39, 0.29) is 36.3 Å². The van der Waals surface area contributed by atoms with Crippen molar-refractivity contribution in [3.63, 3.8) is 0 Å². The summed E-state index contributed by atoms with van der Waals surface area (Å²) in [5.74, 6) is 0.0381. The summed E-state index contributed by atoms with van der Waals surface area (Å²) in [4.78, 5) is 4.10. The van der Waals surface area contributed by atoms with E-state index in [9.17, 15) is 8.78 Å². The summed E-state index contributed by atoms with van der Waals surface area (Å²) in [7, 11) is 3.28. The van der Waals surface area contributed by atoms with Crippen LogP contribution in [0.2, 0.25) is 0 Å². The highest BCUT2D eigenvalue weighted by molar-refractivity contribution is 14.0. The number of nitrogens with zero attached hydrogens (tertiary/aromatic N) is 1. The van der Waals surface area contributed by atoms with Gasteiger partial charge in [-0.05, 0) is 29.8 Å². The minimum Gasteiger partial charge on any atom is -0.497 e. The van der Waals surface area contributed by atoms with Gasteiger partial charge in [-0.3, -0.25) is 4.99 Å². The fourth-order valence-electron chi connectivity index (χ4n) is 2.11. The molecule has 0 aromatic heterocycles. The molecule has 0 aliphatic rings. The zero-order valence-corrected chi connectivity index (χ0v) is 16.9.